The third kappa shape index (κ3) is 3.27. The largest absolute Gasteiger partial charge is 0.478 e. The highest BCUT2D eigenvalue weighted by Crippen LogP contribution is 2.17. The molecule has 3 heteroatoms. The molecule has 1 N–H and O–H groups in total. The van der Waals surface area contributed by atoms with Gasteiger partial charge in [-0.25, -0.2) is 4.79 Å². The molecule has 1 atom stereocenters. The molecule has 0 aliphatic heterocycles. The summed E-state index contributed by atoms with van der Waals surface area (Å²) in [5, 5.41) is 8.95. The Hall–Kier alpha value is -1.51. The second-order valence-electron chi connectivity index (χ2n) is 3.94. The average Bonchev–Trinajstić information content (AvgIpc) is 2.13. The van der Waals surface area contributed by atoms with E-state index in [-0.39, 0.29) is 5.92 Å². The molecule has 0 amide bonds. The van der Waals surface area contributed by atoms with E-state index in [1.807, 2.05) is 39.0 Å². The third-order valence-electron chi connectivity index (χ3n) is 2.10. The molecule has 0 heterocycles. The summed E-state index contributed by atoms with van der Waals surface area (Å²) in [6.07, 6.45) is -0.785. The van der Waals surface area contributed by atoms with Crippen molar-refractivity contribution in [1.29, 1.82) is 0 Å². The van der Waals surface area contributed by atoms with Gasteiger partial charge in [0.05, 0.1) is 0 Å². The highest BCUT2D eigenvalue weighted by molar-refractivity contribution is 5.73. The van der Waals surface area contributed by atoms with E-state index in [0.29, 0.717) is 5.75 Å². The predicted molar refractivity (Wildman–Crippen MR) is 58.1 cm³/mol. The first kappa shape index (κ1) is 11.6. The van der Waals surface area contributed by atoms with Crippen LogP contribution in [0.1, 0.15) is 19.4 Å². The summed E-state index contributed by atoms with van der Waals surface area (Å²) in [4.78, 5) is 10.9. The van der Waals surface area contributed by atoms with Gasteiger partial charge in [-0.3, -0.25) is 0 Å². The maximum atomic E-state index is 10.9. The topological polar surface area (TPSA) is 46.5 Å². The average molecular weight is 208 g/mol. The second-order valence-corrected chi connectivity index (χ2v) is 3.94. The van der Waals surface area contributed by atoms with E-state index < -0.39 is 12.1 Å². The van der Waals surface area contributed by atoms with Crippen molar-refractivity contribution in [1.82, 2.24) is 0 Å². The van der Waals surface area contributed by atoms with E-state index in [1.54, 1.807) is 6.07 Å². The van der Waals surface area contributed by atoms with Crippen molar-refractivity contribution in [2.24, 2.45) is 5.92 Å². The number of hydrogen-bond acceptors (Lipinski definition) is 2. The van der Waals surface area contributed by atoms with Crippen molar-refractivity contribution < 1.29 is 14.6 Å². The van der Waals surface area contributed by atoms with Crippen molar-refractivity contribution in [3.8, 4) is 5.75 Å². The van der Waals surface area contributed by atoms with Crippen LogP contribution in [0.5, 0.6) is 5.75 Å². The number of aliphatic carboxylic acids is 1. The molecular weight excluding hydrogens is 192 g/mol. The number of ether oxygens (including phenoxy) is 1. The monoisotopic (exact) mass is 208 g/mol. The molecule has 0 unspecified atom stereocenters. The zero-order chi connectivity index (χ0) is 11.4. The van der Waals surface area contributed by atoms with Crippen LogP contribution in [-0.2, 0) is 4.79 Å². The summed E-state index contributed by atoms with van der Waals surface area (Å²) in [5.41, 5.74) is 1.06. The molecule has 0 aliphatic carbocycles. The van der Waals surface area contributed by atoms with Crippen molar-refractivity contribution >= 4 is 5.97 Å². The number of rotatable bonds is 4. The smallest absolute Gasteiger partial charge is 0.345 e. The van der Waals surface area contributed by atoms with E-state index in [2.05, 4.69) is 0 Å². The van der Waals surface area contributed by atoms with Crippen LogP contribution in [0, 0.1) is 12.8 Å². The molecule has 0 bridgehead atoms. The number of aryl methyl sites for hydroxylation is 1. The summed E-state index contributed by atoms with van der Waals surface area (Å²) >= 11 is 0. The lowest BCUT2D eigenvalue weighted by molar-refractivity contribution is -0.147. The van der Waals surface area contributed by atoms with Crippen molar-refractivity contribution in [3.05, 3.63) is 29.8 Å². The Bertz CT molecular complexity index is 344. The van der Waals surface area contributed by atoms with Crippen molar-refractivity contribution in [2.75, 3.05) is 0 Å². The van der Waals surface area contributed by atoms with Crippen LogP contribution in [0.4, 0.5) is 0 Å². The van der Waals surface area contributed by atoms with Gasteiger partial charge in [-0.05, 0) is 24.6 Å². The van der Waals surface area contributed by atoms with Gasteiger partial charge in [0, 0.05) is 5.92 Å². The molecule has 1 aromatic carbocycles. The highest BCUT2D eigenvalue weighted by Gasteiger charge is 2.23. The Morgan fingerprint density at radius 1 is 1.40 bits per heavy atom. The van der Waals surface area contributed by atoms with Crippen LogP contribution in [0.2, 0.25) is 0 Å². The minimum absolute atomic E-state index is 0.0528. The van der Waals surface area contributed by atoms with Crippen LogP contribution < -0.4 is 4.74 Å². The first-order chi connectivity index (χ1) is 7.00. The molecule has 0 saturated heterocycles. The normalized spacial score (nSPS) is 12.5. The van der Waals surface area contributed by atoms with E-state index in [1.165, 1.54) is 0 Å². The molecule has 82 valence electrons. The molecule has 0 fully saturated rings. The Morgan fingerprint density at radius 3 is 2.53 bits per heavy atom. The maximum absolute atomic E-state index is 10.9. The summed E-state index contributed by atoms with van der Waals surface area (Å²) in [7, 11) is 0. The van der Waals surface area contributed by atoms with Gasteiger partial charge in [-0.2, -0.15) is 0 Å². The number of carboxylic acids is 1. The summed E-state index contributed by atoms with van der Waals surface area (Å²) < 4.78 is 5.42. The lowest BCUT2D eigenvalue weighted by Gasteiger charge is -2.18. The van der Waals surface area contributed by atoms with E-state index in [9.17, 15) is 4.79 Å². The minimum atomic E-state index is -0.925. The zero-order valence-electron chi connectivity index (χ0n) is 9.23. The van der Waals surface area contributed by atoms with Crippen LogP contribution in [0.15, 0.2) is 24.3 Å². The molecule has 1 rings (SSSR count). The zero-order valence-corrected chi connectivity index (χ0v) is 9.23. The molecule has 1 aromatic rings. The molecule has 3 nitrogen and oxygen atoms in total. The van der Waals surface area contributed by atoms with E-state index >= 15 is 0 Å². The Balaban J connectivity index is 2.79. The Kier molecular flexibility index (Phi) is 3.72. The van der Waals surface area contributed by atoms with E-state index in [4.69, 9.17) is 9.84 Å². The van der Waals surface area contributed by atoms with Gasteiger partial charge >= 0.3 is 5.97 Å². The fraction of sp³-hybridized carbons (Fsp3) is 0.417. The van der Waals surface area contributed by atoms with Crippen LogP contribution in [-0.4, -0.2) is 17.2 Å². The number of benzene rings is 1. The number of carbonyl (C=O) groups is 1. The van der Waals surface area contributed by atoms with Gasteiger partial charge in [-0.1, -0.05) is 26.0 Å². The predicted octanol–water partition coefficient (Wildman–Crippen LogP) is 2.48. The summed E-state index contributed by atoms with van der Waals surface area (Å²) in [6, 6.07) is 7.39. The molecule has 0 spiro atoms. The lowest BCUT2D eigenvalue weighted by atomic mass is 10.1. The number of hydrogen-bond donors (Lipinski definition) is 1. The highest BCUT2D eigenvalue weighted by atomic mass is 16.5. The molecule has 15 heavy (non-hydrogen) atoms. The lowest BCUT2D eigenvalue weighted by Crippen LogP contribution is -2.32. The molecular formula is C12H16O3. The quantitative estimate of drug-likeness (QED) is 0.826. The van der Waals surface area contributed by atoms with Crippen molar-refractivity contribution in [2.45, 2.75) is 26.9 Å². The van der Waals surface area contributed by atoms with Gasteiger partial charge in [-0.15, -0.1) is 0 Å². The summed E-state index contributed by atoms with van der Waals surface area (Å²) in [6.45, 7) is 5.60. The third-order valence-corrected chi connectivity index (χ3v) is 2.10. The van der Waals surface area contributed by atoms with E-state index in [0.717, 1.165) is 5.56 Å². The summed E-state index contributed by atoms with van der Waals surface area (Å²) in [5.74, 6) is -0.370. The van der Waals surface area contributed by atoms with Crippen molar-refractivity contribution in [3.63, 3.8) is 0 Å². The van der Waals surface area contributed by atoms with Gasteiger partial charge in [0.1, 0.15) is 5.75 Å². The molecule has 0 aliphatic rings. The van der Waals surface area contributed by atoms with Crippen LogP contribution in [0.3, 0.4) is 0 Å². The Labute approximate surface area is 89.7 Å². The van der Waals surface area contributed by atoms with Gasteiger partial charge in [0.25, 0.3) is 0 Å². The first-order valence-electron chi connectivity index (χ1n) is 4.97. The maximum Gasteiger partial charge on any atom is 0.345 e. The molecule has 0 aromatic heterocycles. The van der Waals surface area contributed by atoms with Gasteiger partial charge < -0.3 is 9.84 Å². The standard InChI is InChI=1S/C12H16O3/c1-8(2)11(12(13)14)15-10-6-4-5-9(3)7-10/h4-8,11H,1-3H3,(H,13,14)/t11-/m1/s1. The van der Waals surface area contributed by atoms with Crippen LogP contribution >= 0.6 is 0 Å². The fourth-order valence-corrected chi connectivity index (χ4v) is 1.31. The van der Waals surface area contributed by atoms with Gasteiger partial charge in [0.15, 0.2) is 6.10 Å². The Morgan fingerprint density at radius 2 is 2.07 bits per heavy atom. The second kappa shape index (κ2) is 4.82. The van der Waals surface area contributed by atoms with Crippen LogP contribution in [0.25, 0.3) is 0 Å². The number of carboxylic acid groups (broad SMARTS) is 1. The minimum Gasteiger partial charge on any atom is -0.478 e. The first-order valence-corrected chi connectivity index (χ1v) is 4.97. The fourth-order valence-electron chi connectivity index (χ4n) is 1.31. The van der Waals surface area contributed by atoms with Gasteiger partial charge in [0.2, 0.25) is 0 Å². The SMILES string of the molecule is Cc1cccc(O[C@@H](C(=O)O)C(C)C)c1. The molecule has 0 saturated carbocycles. The molecule has 0 radical (unpaired) electrons.